The van der Waals surface area contributed by atoms with Crippen molar-refractivity contribution in [1.82, 2.24) is 10.2 Å². The molecule has 1 saturated heterocycles. The van der Waals surface area contributed by atoms with E-state index in [0.717, 1.165) is 0 Å². The number of hydrogen-bond acceptors (Lipinski definition) is 5. The van der Waals surface area contributed by atoms with Crippen molar-refractivity contribution in [2.24, 2.45) is 0 Å². The molecule has 0 unspecified atom stereocenters. The summed E-state index contributed by atoms with van der Waals surface area (Å²) in [5.41, 5.74) is 0.671. The molecule has 0 saturated carbocycles. The number of nitriles is 1. The van der Waals surface area contributed by atoms with E-state index < -0.39 is 5.91 Å². The fourth-order valence-corrected chi connectivity index (χ4v) is 2.73. The van der Waals surface area contributed by atoms with Gasteiger partial charge in [0.1, 0.15) is 17.4 Å². The van der Waals surface area contributed by atoms with E-state index in [2.05, 4.69) is 21.2 Å². The van der Waals surface area contributed by atoms with Gasteiger partial charge in [-0.15, -0.1) is 0 Å². The molecule has 8 heteroatoms. The number of benzene rings is 1. The summed E-state index contributed by atoms with van der Waals surface area (Å²) in [4.78, 5) is 25.3. The number of carbonyl (C=O) groups is 2. The lowest BCUT2D eigenvalue weighted by atomic mass is 10.1. The van der Waals surface area contributed by atoms with Crippen molar-refractivity contribution in [1.29, 1.82) is 5.26 Å². The number of hydrogen-bond donors (Lipinski definition) is 1. The van der Waals surface area contributed by atoms with Gasteiger partial charge >= 0.3 is 0 Å². The van der Waals surface area contributed by atoms with Crippen LogP contribution in [-0.4, -0.2) is 56.7 Å². The highest BCUT2D eigenvalue weighted by atomic mass is 79.9. The van der Waals surface area contributed by atoms with Crippen molar-refractivity contribution < 1.29 is 19.1 Å². The molecule has 0 aromatic heterocycles. The number of halogens is 1. The van der Waals surface area contributed by atoms with E-state index in [-0.39, 0.29) is 18.1 Å². The van der Waals surface area contributed by atoms with Gasteiger partial charge in [-0.3, -0.25) is 9.59 Å². The lowest BCUT2D eigenvalue weighted by Crippen LogP contribution is -2.43. The quantitative estimate of drug-likeness (QED) is 0.587. The van der Waals surface area contributed by atoms with Crippen LogP contribution in [0.4, 0.5) is 0 Å². The van der Waals surface area contributed by atoms with Gasteiger partial charge in [0.05, 0.1) is 17.7 Å². The summed E-state index contributed by atoms with van der Waals surface area (Å²) >= 11 is 3.38. The van der Waals surface area contributed by atoms with E-state index in [1.165, 1.54) is 13.1 Å². The minimum absolute atomic E-state index is 0.00515. The normalized spacial score (nSPS) is 14.6. The standard InChI is InChI=1S/C17H18BrN3O4/c1-20-17(23)13(10-19)8-12-2-3-15(14(18)9-12)25-11-16(22)21-4-6-24-7-5-21/h2-3,8-9H,4-7,11H2,1H3,(H,20,23). The maximum Gasteiger partial charge on any atom is 0.261 e. The Balaban J connectivity index is 2.02. The zero-order valence-corrected chi connectivity index (χ0v) is 15.3. The Morgan fingerprint density at radius 2 is 2.16 bits per heavy atom. The summed E-state index contributed by atoms with van der Waals surface area (Å²) in [5.74, 6) is -0.0298. The van der Waals surface area contributed by atoms with Crippen LogP contribution in [0, 0.1) is 11.3 Å². The van der Waals surface area contributed by atoms with Gasteiger partial charge < -0.3 is 19.7 Å². The van der Waals surface area contributed by atoms with Gasteiger partial charge in [0.2, 0.25) is 0 Å². The largest absolute Gasteiger partial charge is 0.483 e. The van der Waals surface area contributed by atoms with E-state index in [0.29, 0.717) is 42.1 Å². The number of nitrogens with zero attached hydrogens (tertiary/aromatic N) is 2. The molecule has 0 spiro atoms. The van der Waals surface area contributed by atoms with Gasteiger partial charge in [-0.25, -0.2) is 0 Å². The van der Waals surface area contributed by atoms with Crippen LogP contribution in [0.1, 0.15) is 5.56 Å². The van der Waals surface area contributed by atoms with E-state index >= 15 is 0 Å². The van der Waals surface area contributed by atoms with Gasteiger partial charge in [0.25, 0.3) is 11.8 Å². The molecule has 1 N–H and O–H groups in total. The molecule has 25 heavy (non-hydrogen) atoms. The first-order valence-corrected chi connectivity index (χ1v) is 8.46. The third-order valence-electron chi connectivity index (χ3n) is 3.57. The Hall–Kier alpha value is -2.37. The lowest BCUT2D eigenvalue weighted by molar-refractivity contribution is -0.137. The van der Waals surface area contributed by atoms with Gasteiger partial charge in [-0.1, -0.05) is 6.07 Å². The molecule has 1 fully saturated rings. The zero-order valence-electron chi connectivity index (χ0n) is 13.8. The molecule has 1 aliphatic heterocycles. The number of amides is 2. The Labute approximate surface area is 154 Å². The van der Waals surface area contributed by atoms with Gasteiger partial charge in [0.15, 0.2) is 6.61 Å². The van der Waals surface area contributed by atoms with Crippen LogP contribution >= 0.6 is 15.9 Å². The molecule has 2 rings (SSSR count). The van der Waals surface area contributed by atoms with Crippen molar-refractivity contribution in [3.05, 3.63) is 33.8 Å². The number of likely N-dealkylation sites (N-methyl/N-ethyl adjacent to an activating group) is 1. The third kappa shape index (κ3) is 5.31. The van der Waals surface area contributed by atoms with Crippen LogP contribution in [-0.2, 0) is 14.3 Å². The minimum Gasteiger partial charge on any atom is -0.483 e. The lowest BCUT2D eigenvalue weighted by Gasteiger charge is -2.26. The van der Waals surface area contributed by atoms with E-state index in [9.17, 15) is 9.59 Å². The molecule has 132 valence electrons. The summed E-state index contributed by atoms with van der Waals surface area (Å²) < 4.78 is 11.4. The molecule has 0 atom stereocenters. The molecule has 1 aromatic carbocycles. The predicted octanol–water partition coefficient (Wildman–Crippen LogP) is 1.34. The van der Waals surface area contributed by atoms with Crippen molar-refractivity contribution >= 4 is 33.8 Å². The maximum absolute atomic E-state index is 12.1. The Morgan fingerprint density at radius 3 is 2.76 bits per heavy atom. The second-order valence-electron chi connectivity index (χ2n) is 5.22. The highest BCUT2D eigenvalue weighted by Gasteiger charge is 2.17. The molecular weight excluding hydrogens is 390 g/mol. The highest BCUT2D eigenvalue weighted by molar-refractivity contribution is 9.10. The molecule has 2 amide bonds. The molecule has 0 aliphatic carbocycles. The summed E-state index contributed by atoms with van der Waals surface area (Å²) in [6, 6.07) is 6.96. The topological polar surface area (TPSA) is 91.7 Å². The molecule has 7 nitrogen and oxygen atoms in total. The first-order chi connectivity index (χ1) is 12.0. The van der Waals surface area contributed by atoms with Gasteiger partial charge in [-0.2, -0.15) is 5.26 Å². The number of nitrogens with one attached hydrogen (secondary N) is 1. The molecule has 0 radical (unpaired) electrons. The summed E-state index contributed by atoms with van der Waals surface area (Å²) in [6.07, 6.45) is 1.48. The Bertz CT molecular complexity index is 721. The highest BCUT2D eigenvalue weighted by Crippen LogP contribution is 2.27. The molecule has 1 aromatic rings. The third-order valence-corrected chi connectivity index (χ3v) is 4.19. The molecule has 1 heterocycles. The van der Waals surface area contributed by atoms with Gasteiger partial charge in [0, 0.05) is 20.1 Å². The average molecular weight is 408 g/mol. The fraction of sp³-hybridized carbons (Fsp3) is 0.353. The zero-order chi connectivity index (χ0) is 18.2. The van der Waals surface area contributed by atoms with Crippen LogP contribution in [0.15, 0.2) is 28.2 Å². The van der Waals surface area contributed by atoms with Crippen LogP contribution in [0.5, 0.6) is 5.75 Å². The first-order valence-electron chi connectivity index (χ1n) is 7.67. The molecule has 1 aliphatic rings. The second-order valence-corrected chi connectivity index (χ2v) is 6.07. The predicted molar refractivity (Wildman–Crippen MR) is 94.7 cm³/mol. The maximum atomic E-state index is 12.1. The first kappa shape index (κ1) is 19.0. The van der Waals surface area contributed by atoms with Crippen molar-refractivity contribution in [2.45, 2.75) is 0 Å². The SMILES string of the molecule is CNC(=O)C(C#N)=Cc1ccc(OCC(=O)N2CCOCC2)c(Br)c1. The van der Waals surface area contributed by atoms with Crippen LogP contribution in [0.2, 0.25) is 0 Å². The molecule has 0 bridgehead atoms. The summed E-state index contributed by atoms with van der Waals surface area (Å²) in [5, 5.41) is 11.4. The van der Waals surface area contributed by atoms with Gasteiger partial charge in [-0.05, 0) is 39.7 Å². The van der Waals surface area contributed by atoms with Crippen molar-refractivity contribution in [2.75, 3.05) is 40.0 Å². The number of rotatable bonds is 5. The van der Waals surface area contributed by atoms with Crippen LogP contribution < -0.4 is 10.1 Å². The van der Waals surface area contributed by atoms with Crippen molar-refractivity contribution in [3.8, 4) is 11.8 Å². The van der Waals surface area contributed by atoms with Crippen molar-refractivity contribution in [3.63, 3.8) is 0 Å². The van der Waals surface area contributed by atoms with Crippen LogP contribution in [0.25, 0.3) is 6.08 Å². The Morgan fingerprint density at radius 1 is 1.44 bits per heavy atom. The average Bonchev–Trinajstić information content (AvgIpc) is 2.65. The Kier molecular flexibility index (Phi) is 6.98. The number of carbonyl (C=O) groups excluding carboxylic acids is 2. The monoisotopic (exact) mass is 407 g/mol. The smallest absolute Gasteiger partial charge is 0.261 e. The van der Waals surface area contributed by atoms with Crippen LogP contribution in [0.3, 0.4) is 0 Å². The van der Waals surface area contributed by atoms with E-state index in [4.69, 9.17) is 14.7 Å². The summed E-state index contributed by atoms with van der Waals surface area (Å²) in [6.45, 7) is 2.18. The van der Waals surface area contributed by atoms with E-state index in [1.807, 2.05) is 6.07 Å². The molecular formula is C17H18BrN3O4. The summed E-state index contributed by atoms with van der Waals surface area (Å²) in [7, 11) is 1.46. The minimum atomic E-state index is -0.449. The van der Waals surface area contributed by atoms with E-state index in [1.54, 1.807) is 23.1 Å². The second kappa shape index (κ2) is 9.20. The number of ether oxygens (including phenoxy) is 2. The number of morpholine rings is 1. The fourth-order valence-electron chi connectivity index (χ4n) is 2.22.